The summed E-state index contributed by atoms with van der Waals surface area (Å²) >= 11 is 0. The molecule has 12 nitrogen and oxygen atoms in total. The van der Waals surface area contributed by atoms with Gasteiger partial charge in [0.05, 0.1) is 6.04 Å². The van der Waals surface area contributed by atoms with Crippen molar-refractivity contribution in [2.24, 2.45) is 17.1 Å². The lowest BCUT2D eigenvalue weighted by Gasteiger charge is -2.35. The van der Waals surface area contributed by atoms with Gasteiger partial charge in [0.1, 0.15) is 25.2 Å². The van der Waals surface area contributed by atoms with Crippen molar-refractivity contribution >= 4 is 35.5 Å². The zero-order valence-corrected chi connectivity index (χ0v) is 25.9. The predicted octanol–water partition coefficient (Wildman–Crippen LogP) is 2.19. The van der Waals surface area contributed by atoms with Crippen molar-refractivity contribution in [3.63, 3.8) is 0 Å². The van der Waals surface area contributed by atoms with Crippen LogP contribution >= 0.6 is 0 Å². The lowest BCUT2D eigenvalue weighted by Crippen LogP contribution is -2.60. The fraction of sp³-hybridized carbons (Fsp3) is 0.613. The summed E-state index contributed by atoms with van der Waals surface area (Å²) < 4.78 is 5.16. The van der Waals surface area contributed by atoms with Gasteiger partial charge in [-0.15, -0.1) is 0 Å². The van der Waals surface area contributed by atoms with Gasteiger partial charge in [-0.1, -0.05) is 84.2 Å². The van der Waals surface area contributed by atoms with Gasteiger partial charge >= 0.3 is 12.0 Å². The quantitative estimate of drug-likeness (QED) is 0.210. The minimum absolute atomic E-state index is 0.0665. The Morgan fingerprint density at radius 3 is 2.19 bits per heavy atom. The molecule has 1 saturated heterocycles. The molecule has 1 saturated carbocycles. The fourth-order valence-corrected chi connectivity index (χ4v) is 4.60. The second-order valence-corrected chi connectivity index (χ2v) is 12.1. The van der Waals surface area contributed by atoms with Crippen LogP contribution in [0.5, 0.6) is 0 Å². The number of nitrogens with one attached hydrogen (secondary N) is 3. The highest BCUT2D eigenvalue weighted by atomic mass is 16.5. The number of rotatable bonds is 12. The molecule has 1 aliphatic carbocycles. The first-order chi connectivity index (χ1) is 20.3. The molecular weight excluding hydrogens is 554 g/mol. The Morgan fingerprint density at radius 1 is 1.00 bits per heavy atom. The summed E-state index contributed by atoms with van der Waals surface area (Å²) in [7, 11) is 0. The number of nitrogens with two attached hydrogens (primary N) is 1. The monoisotopic (exact) mass is 601 g/mol. The van der Waals surface area contributed by atoms with E-state index in [1.807, 2.05) is 30.3 Å². The third-order valence-electron chi connectivity index (χ3n) is 7.00. The van der Waals surface area contributed by atoms with Crippen molar-refractivity contribution < 1.29 is 33.5 Å². The van der Waals surface area contributed by atoms with Crippen molar-refractivity contribution in [3.05, 3.63) is 35.9 Å². The molecule has 3 rings (SSSR count). The maximum Gasteiger partial charge on any atom is 0.325 e. The van der Waals surface area contributed by atoms with E-state index in [2.05, 4.69) is 29.8 Å². The number of urea groups is 1. The van der Waals surface area contributed by atoms with Gasteiger partial charge in [0.25, 0.3) is 5.91 Å². The number of primary amides is 1. The number of hydrogen-bond acceptors (Lipinski definition) is 7. The zero-order chi connectivity index (χ0) is 32.2. The highest BCUT2D eigenvalue weighted by Crippen LogP contribution is 2.34. The molecule has 3 unspecified atom stereocenters. The van der Waals surface area contributed by atoms with E-state index in [1.165, 1.54) is 11.3 Å². The van der Waals surface area contributed by atoms with E-state index in [9.17, 15) is 28.8 Å². The predicted molar refractivity (Wildman–Crippen MR) is 160 cm³/mol. The van der Waals surface area contributed by atoms with Crippen LogP contribution in [0.2, 0.25) is 0 Å². The number of amides is 5. The number of nitrogens with zero attached hydrogens (tertiary/aromatic N) is 1. The number of hydrogen-bond donors (Lipinski definition) is 4. The maximum atomic E-state index is 13.6. The fourth-order valence-electron chi connectivity index (χ4n) is 4.60. The second kappa shape index (κ2) is 16.6. The van der Waals surface area contributed by atoms with Crippen LogP contribution in [-0.4, -0.2) is 71.6 Å². The molecule has 1 aliphatic heterocycles. The zero-order valence-electron chi connectivity index (χ0n) is 25.9. The van der Waals surface area contributed by atoms with Crippen LogP contribution in [0.15, 0.2) is 30.3 Å². The average Bonchev–Trinajstić information content (AvgIpc) is 3.63. The van der Waals surface area contributed by atoms with Crippen LogP contribution in [0.1, 0.15) is 78.7 Å². The van der Waals surface area contributed by atoms with Crippen LogP contribution in [0.3, 0.4) is 0 Å². The summed E-state index contributed by atoms with van der Waals surface area (Å²) in [5.74, 6) is -3.36. The standard InChI is InChI=1S/C28H39N5O7.C3H8/c1-28(2,3)23(32-27(39)30-15-21(34)40-16-18-8-5-4-6-9-18)26(38)33-13-7-10-20(33)25(37)31-19(14-17-11-12-17)22(35)24(29)36;1-3-2/h4-6,8-9,17,19-20,23H,7,10-16H2,1-3H3,(H2,29,36)(H,31,37)(H2,30,32,39);3H2,1-2H3. The maximum absolute atomic E-state index is 13.6. The molecule has 0 aromatic heterocycles. The molecule has 0 radical (unpaired) electrons. The Hall–Kier alpha value is -3.96. The van der Waals surface area contributed by atoms with E-state index in [-0.39, 0.29) is 19.1 Å². The van der Waals surface area contributed by atoms with Gasteiger partial charge in [0.2, 0.25) is 17.6 Å². The van der Waals surface area contributed by atoms with Crippen molar-refractivity contribution in [2.75, 3.05) is 13.1 Å². The smallest absolute Gasteiger partial charge is 0.325 e. The number of carbonyl (C=O) groups excluding carboxylic acids is 6. The molecule has 1 aromatic rings. The molecule has 43 heavy (non-hydrogen) atoms. The number of benzene rings is 1. The molecule has 5 amide bonds. The summed E-state index contributed by atoms with van der Waals surface area (Å²) in [6.07, 6.45) is 4.33. The highest BCUT2D eigenvalue weighted by molar-refractivity contribution is 6.37. The topological polar surface area (TPSA) is 177 Å². The van der Waals surface area contributed by atoms with Crippen LogP contribution in [0.25, 0.3) is 0 Å². The number of ketones is 1. The van der Waals surface area contributed by atoms with Gasteiger partial charge in [-0.25, -0.2) is 4.79 Å². The van der Waals surface area contributed by atoms with E-state index in [0.29, 0.717) is 19.3 Å². The van der Waals surface area contributed by atoms with Gasteiger partial charge in [0.15, 0.2) is 0 Å². The van der Waals surface area contributed by atoms with E-state index >= 15 is 0 Å². The Morgan fingerprint density at radius 2 is 1.63 bits per heavy atom. The molecule has 5 N–H and O–H groups in total. The Kier molecular flexibility index (Phi) is 13.6. The van der Waals surface area contributed by atoms with Crippen LogP contribution in [-0.2, 0) is 35.3 Å². The minimum atomic E-state index is -1.11. The third kappa shape index (κ3) is 11.7. The Labute approximate surface area is 253 Å². The molecule has 2 aliphatic rings. The summed E-state index contributed by atoms with van der Waals surface area (Å²) in [6, 6.07) is 5.45. The molecule has 1 aromatic carbocycles. The second-order valence-electron chi connectivity index (χ2n) is 12.1. The van der Waals surface area contributed by atoms with E-state index in [1.54, 1.807) is 20.8 Å². The Bertz CT molecular complexity index is 1130. The molecule has 12 heteroatoms. The van der Waals surface area contributed by atoms with Gasteiger partial charge in [-0.2, -0.15) is 0 Å². The average molecular weight is 602 g/mol. The molecule has 0 spiro atoms. The number of Topliss-reactive ketones (excluding diaryl/α,β-unsaturated/α-hetero) is 1. The first-order valence-corrected chi connectivity index (χ1v) is 15.0. The molecular formula is C31H47N5O7. The molecule has 0 bridgehead atoms. The Balaban J connectivity index is 0.00000206. The highest BCUT2D eigenvalue weighted by Gasteiger charge is 2.43. The first-order valence-electron chi connectivity index (χ1n) is 15.0. The minimum Gasteiger partial charge on any atom is -0.460 e. The van der Waals surface area contributed by atoms with Crippen molar-refractivity contribution in [1.29, 1.82) is 0 Å². The normalized spacial score (nSPS) is 17.4. The van der Waals surface area contributed by atoms with Gasteiger partial charge in [-0.3, -0.25) is 24.0 Å². The van der Waals surface area contributed by atoms with Gasteiger partial charge in [0, 0.05) is 6.54 Å². The number of carbonyl (C=O) groups is 6. The summed E-state index contributed by atoms with van der Waals surface area (Å²) in [5, 5.41) is 7.69. The van der Waals surface area contributed by atoms with Crippen molar-refractivity contribution in [1.82, 2.24) is 20.9 Å². The number of esters is 1. The third-order valence-corrected chi connectivity index (χ3v) is 7.00. The van der Waals surface area contributed by atoms with Crippen LogP contribution < -0.4 is 21.7 Å². The summed E-state index contributed by atoms with van der Waals surface area (Å²) in [4.78, 5) is 76.7. The largest absolute Gasteiger partial charge is 0.460 e. The first kappa shape index (κ1) is 35.2. The summed E-state index contributed by atoms with van der Waals surface area (Å²) in [5.41, 5.74) is 5.25. The lowest BCUT2D eigenvalue weighted by molar-refractivity contribution is -0.143. The van der Waals surface area contributed by atoms with Gasteiger partial charge < -0.3 is 31.3 Å². The van der Waals surface area contributed by atoms with Crippen molar-refractivity contribution in [3.8, 4) is 0 Å². The molecule has 238 valence electrons. The van der Waals surface area contributed by atoms with E-state index < -0.39 is 65.6 Å². The van der Waals surface area contributed by atoms with E-state index in [0.717, 1.165) is 18.4 Å². The summed E-state index contributed by atoms with van der Waals surface area (Å²) in [6.45, 7) is 9.52. The molecule has 2 fully saturated rings. The SMILES string of the molecule is CC(C)(C)C(NC(=O)NCC(=O)OCc1ccccc1)C(=O)N1CCCC1C(=O)NC(CC1CC1)C(=O)C(N)=O.CCC. The van der Waals surface area contributed by atoms with Crippen LogP contribution in [0, 0.1) is 11.3 Å². The van der Waals surface area contributed by atoms with E-state index in [4.69, 9.17) is 10.5 Å². The lowest BCUT2D eigenvalue weighted by atomic mass is 9.85. The molecule has 1 heterocycles. The van der Waals surface area contributed by atoms with Crippen molar-refractivity contribution in [2.45, 2.75) is 97.9 Å². The number of ether oxygens (including phenoxy) is 1. The van der Waals surface area contributed by atoms with Gasteiger partial charge in [-0.05, 0) is 36.2 Å². The van der Waals surface area contributed by atoms with Crippen LogP contribution in [0.4, 0.5) is 4.79 Å². The molecule has 3 atom stereocenters. The number of likely N-dealkylation sites (tertiary alicyclic amines) is 1.